The molecular weight excluding hydrogens is 280 g/mol. The Hall–Kier alpha value is -0.670. The van der Waals surface area contributed by atoms with Crippen LogP contribution >= 0.6 is 15.9 Å². The molecule has 1 atom stereocenters. The minimum absolute atomic E-state index is 0.215. The van der Waals surface area contributed by atoms with Gasteiger partial charge in [0.25, 0.3) is 0 Å². The summed E-state index contributed by atoms with van der Waals surface area (Å²) in [6.45, 7) is 0.858. The van der Waals surface area contributed by atoms with E-state index in [1.165, 1.54) is 6.42 Å². The number of rotatable bonds is 4. The van der Waals surface area contributed by atoms with Gasteiger partial charge in [0.05, 0.1) is 6.10 Å². The highest BCUT2D eigenvalue weighted by Gasteiger charge is 2.15. The second-order valence-electron chi connectivity index (χ2n) is 4.46. The largest absolute Gasteiger partial charge is 0.378 e. The Kier molecular flexibility index (Phi) is 4.75. The fraction of sp³-hybridized carbons (Fsp3) is 0.500. The van der Waals surface area contributed by atoms with Crippen LogP contribution in [-0.2, 0) is 4.74 Å². The summed E-state index contributed by atoms with van der Waals surface area (Å²) in [6, 6.07) is 7.55. The van der Waals surface area contributed by atoms with E-state index < -0.39 is 0 Å². The van der Waals surface area contributed by atoms with Gasteiger partial charge in [0, 0.05) is 23.1 Å². The van der Waals surface area contributed by atoms with E-state index in [4.69, 9.17) is 4.74 Å². The number of Topliss-reactive ketones (excluding diaryl/α,β-unsaturated/α-hetero) is 1. The fourth-order valence-electron chi connectivity index (χ4n) is 2.11. The first-order valence-electron chi connectivity index (χ1n) is 6.16. The lowest BCUT2D eigenvalue weighted by Gasteiger charge is -2.22. The van der Waals surface area contributed by atoms with E-state index in [1.54, 1.807) is 0 Å². The molecule has 1 saturated heterocycles. The molecule has 92 valence electrons. The summed E-state index contributed by atoms with van der Waals surface area (Å²) >= 11 is 3.36. The molecular formula is C14H17BrO2. The van der Waals surface area contributed by atoms with E-state index in [-0.39, 0.29) is 5.78 Å². The number of benzene rings is 1. The number of ether oxygens (including phenoxy) is 1. The van der Waals surface area contributed by atoms with E-state index in [9.17, 15) is 4.79 Å². The van der Waals surface area contributed by atoms with Gasteiger partial charge in [-0.05, 0) is 37.8 Å². The van der Waals surface area contributed by atoms with E-state index in [2.05, 4.69) is 15.9 Å². The van der Waals surface area contributed by atoms with E-state index in [1.807, 2.05) is 24.3 Å². The number of hydrogen-bond acceptors (Lipinski definition) is 2. The van der Waals surface area contributed by atoms with Crippen LogP contribution in [0.2, 0.25) is 0 Å². The molecule has 2 nitrogen and oxygen atoms in total. The predicted octanol–water partition coefficient (Wildman–Crippen LogP) is 3.98. The van der Waals surface area contributed by atoms with Crippen LogP contribution in [0.5, 0.6) is 0 Å². The van der Waals surface area contributed by atoms with E-state index in [0.29, 0.717) is 12.5 Å². The molecule has 1 aliphatic heterocycles. The highest BCUT2D eigenvalue weighted by Crippen LogP contribution is 2.19. The monoisotopic (exact) mass is 296 g/mol. The third kappa shape index (κ3) is 3.93. The zero-order valence-corrected chi connectivity index (χ0v) is 11.4. The molecule has 1 fully saturated rings. The smallest absolute Gasteiger partial charge is 0.162 e. The topological polar surface area (TPSA) is 26.3 Å². The molecule has 0 spiro atoms. The molecule has 3 heteroatoms. The van der Waals surface area contributed by atoms with Gasteiger partial charge >= 0.3 is 0 Å². The molecule has 1 unspecified atom stereocenters. The molecule has 1 aromatic carbocycles. The Labute approximate surface area is 110 Å². The minimum Gasteiger partial charge on any atom is -0.378 e. The second-order valence-corrected chi connectivity index (χ2v) is 5.37. The number of carbonyl (C=O) groups excluding carboxylic acids is 1. The van der Waals surface area contributed by atoms with Gasteiger partial charge in [-0.2, -0.15) is 0 Å². The highest BCUT2D eigenvalue weighted by molar-refractivity contribution is 9.10. The maximum atomic E-state index is 11.9. The number of hydrogen-bond donors (Lipinski definition) is 0. The molecule has 0 radical (unpaired) electrons. The minimum atomic E-state index is 0.215. The van der Waals surface area contributed by atoms with Crippen molar-refractivity contribution in [3.8, 4) is 0 Å². The van der Waals surface area contributed by atoms with Gasteiger partial charge < -0.3 is 4.74 Å². The first kappa shape index (κ1) is 12.8. The molecule has 17 heavy (non-hydrogen) atoms. The van der Waals surface area contributed by atoms with Crippen LogP contribution < -0.4 is 0 Å². The third-order valence-corrected chi connectivity index (χ3v) is 3.66. The highest BCUT2D eigenvalue weighted by atomic mass is 79.9. The van der Waals surface area contributed by atoms with Gasteiger partial charge in [0.15, 0.2) is 5.78 Å². The summed E-state index contributed by atoms with van der Waals surface area (Å²) in [4.78, 5) is 11.9. The van der Waals surface area contributed by atoms with Crippen molar-refractivity contribution < 1.29 is 9.53 Å². The molecule has 2 rings (SSSR count). The predicted molar refractivity (Wildman–Crippen MR) is 71.3 cm³/mol. The number of carbonyl (C=O) groups is 1. The van der Waals surface area contributed by atoms with Gasteiger partial charge in [0.2, 0.25) is 0 Å². The SMILES string of the molecule is O=C(CCC1CCCCO1)c1ccc(Br)cc1. The van der Waals surface area contributed by atoms with Gasteiger partial charge in [-0.1, -0.05) is 28.1 Å². The summed E-state index contributed by atoms with van der Waals surface area (Å²) in [7, 11) is 0. The first-order chi connectivity index (χ1) is 8.25. The van der Waals surface area contributed by atoms with Crippen molar-refractivity contribution in [2.24, 2.45) is 0 Å². The summed E-state index contributed by atoms with van der Waals surface area (Å²) in [5.41, 5.74) is 0.795. The number of halogens is 1. The van der Waals surface area contributed by atoms with E-state index >= 15 is 0 Å². The van der Waals surface area contributed by atoms with Crippen molar-refractivity contribution in [3.63, 3.8) is 0 Å². The van der Waals surface area contributed by atoms with Crippen LogP contribution in [0, 0.1) is 0 Å². The quantitative estimate of drug-likeness (QED) is 0.786. The van der Waals surface area contributed by atoms with Crippen LogP contribution in [0.4, 0.5) is 0 Å². The Bertz CT molecular complexity index is 366. The molecule has 1 aromatic rings. The zero-order chi connectivity index (χ0) is 12.1. The molecule has 0 amide bonds. The van der Waals surface area contributed by atoms with Crippen LogP contribution in [0.1, 0.15) is 42.5 Å². The van der Waals surface area contributed by atoms with Crippen molar-refractivity contribution >= 4 is 21.7 Å². The van der Waals surface area contributed by atoms with Crippen LogP contribution in [0.3, 0.4) is 0 Å². The molecule has 0 aromatic heterocycles. The Morgan fingerprint density at radius 2 is 2.06 bits per heavy atom. The average Bonchev–Trinajstić information content (AvgIpc) is 2.38. The summed E-state index contributed by atoms with van der Waals surface area (Å²) in [6.07, 6.45) is 5.24. The summed E-state index contributed by atoms with van der Waals surface area (Å²) in [5.74, 6) is 0.215. The van der Waals surface area contributed by atoms with Gasteiger partial charge in [-0.3, -0.25) is 4.79 Å². The molecule has 1 aliphatic rings. The van der Waals surface area contributed by atoms with Crippen molar-refractivity contribution in [3.05, 3.63) is 34.3 Å². The van der Waals surface area contributed by atoms with Gasteiger partial charge in [-0.15, -0.1) is 0 Å². The normalized spacial score (nSPS) is 20.2. The molecule has 1 heterocycles. The maximum Gasteiger partial charge on any atom is 0.162 e. The standard InChI is InChI=1S/C14H17BrO2/c15-12-6-4-11(5-7-12)14(16)9-8-13-3-1-2-10-17-13/h4-7,13H,1-3,8-10H2. The summed E-state index contributed by atoms with van der Waals surface area (Å²) in [5, 5.41) is 0. The van der Waals surface area contributed by atoms with Gasteiger partial charge in [-0.25, -0.2) is 0 Å². The van der Waals surface area contributed by atoms with Crippen LogP contribution in [0.25, 0.3) is 0 Å². The number of ketones is 1. The van der Waals surface area contributed by atoms with Crippen LogP contribution in [0.15, 0.2) is 28.7 Å². The molecule has 0 bridgehead atoms. The summed E-state index contributed by atoms with van der Waals surface area (Å²) < 4.78 is 6.63. The van der Waals surface area contributed by atoms with Crippen molar-refractivity contribution in [2.75, 3.05) is 6.61 Å². The Morgan fingerprint density at radius 1 is 1.29 bits per heavy atom. The lowest BCUT2D eigenvalue weighted by molar-refractivity contribution is 0.0104. The van der Waals surface area contributed by atoms with Crippen molar-refractivity contribution in [1.82, 2.24) is 0 Å². The lowest BCUT2D eigenvalue weighted by Crippen LogP contribution is -2.20. The Morgan fingerprint density at radius 3 is 2.71 bits per heavy atom. The van der Waals surface area contributed by atoms with Crippen LogP contribution in [-0.4, -0.2) is 18.5 Å². The zero-order valence-electron chi connectivity index (χ0n) is 9.82. The lowest BCUT2D eigenvalue weighted by atomic mass is 10.0. The van der Waals surface area contributed by atoms with Gasteiger partial charge in [0.1, 0.15) is 0 Å². The average molecular weight is 297 g/mol. The van der Waals surface area contributed by atoms with E-state index in [0.717, 1.165) is 35.9 Å². The maximum absolute atomic E-state index is 11.9. The molecule has 0 aliphatic carbocycles. The Balaban J connectivity index is 1.82. The third-order valence-electron chi connectivity index (χ3n) is 3.13. The molecule has 0 N–H and O–H groups in total. The fourth-order valence-corrected chi connectivity index (χ4v) is 2.37. The van der Waals surface area contributed by atoms with Crippen molar-refractivity contribution in [2.45, 2.75) is 38.2 Å². The molecule has 0 saturated carbocycles. The first-order valence-corrected chi connectivity index (χ1v) is 6.95. The van der Waals surface area contributed by atoms with Crippen molar-refractivity contribution in [1.29, 1.82) is 0 Å². The second kappa shape index (κ2) is 6.31.